The highest BCUT2D eigenvalue weighted by Crippen LogP contribution is 2.44. The number of fused-ring (bicyclic) bond motifs is 2. The van der Waals surface area contributed by atoms with Crippen molar-refractivity contribution >= 4 is 16.7 Å². The van der Waals surface area contributed by atoms with Gasteiger partial charge in [0.25, 0.3) is 0 Å². The van der Waals surface area contributed by atoms with Crippen molar-refractivity contribution < 1.29 is 19.3 Å². The van der Waals surface area contributed by atoms with E-state index in [9.17, 15) is 5.11 Å². The number of aliphatic hydroxyl groups is 1. The number of nitrogens with zero attached hydrogens (tertiary/aromatic N) is 2. The molecule has 27 heavy (non-hydrogen) atoms. The summed E-state index contributed by atoms with van der Waals surface area (Å²) < 4.78 is 16.4. The number of anilines is 1. The maximum Gasteiger partial charge on any atom is 0.205 e. The molecule has 0 spiro atoms. The van der Waals surface area contributed by atoms with Gasteiger partial charge in [0.05, 0.1) is 38.9 Å². The number of hydrogen-bond donors (Lipinski definition) is 2. The van der Waals surface area contributed by atoms with Crippen molar-refractivity contribution in [2.75, 3.05) is 26.6 Å². The minimum atomic E-state index is -0.533. The largest absolute Gasteiger partial charge is 0.493 e. The number of aliphatic hydroxyl groups excluding tert-OH is 1. The quantitative estimate of drug-likeness (QED) is 0.717. The van der Waals surface area contributed by atoms with E-state index in [0.29, 0.717) is 35.0 Å². The second-order valence-electron chi connectivity index (χ2n) is 6.36. The Bertz CT molecular complexity index is 992. The molecule has 2 aromatic carbocycles. The second kappa shape index (κ2) is 6.92. The van der Waals surface area contributed by atoms with Gasteiger partial charge < -0.3 is 24.6 Å². The van der Waals surface area contributed by atoms with Gasteiger partial charge in [-0.05, 0) is 17.2 Å². The standard InChI is InChI=1S/C20H21N3O4/c1-25-15-9-13-17(19(27-3)18(15)26-2)21-10-22-20(13)23-16-12-7-5-4-6-11(12)8-14(16)24/h4-7,9-10,14,16,24H,8H2,1-3H3,(H,21,22,23)/t14-,16+/m0/s1. The van der Waals surface area contributed by atoms with Crippen LogP contribution in [0.2, 0.25) is 0 Å². The summed E-state index contributed by atoms with van der Waals surface area (Å²) in [5.74, 6) is 2.07. The third-order valence-electron chi connectivity index (χ3n) is 4.93. The summed E-state index contributed by atoms with van der Waals surface area (Å²) in [5.41, 5.74) is 2.82. The molecular weight excluding hydrogens is 346 g/mol. The van der Waals surface area contributed by atoms with Gasteiger partial charge in [-0.3, -0.25) is 0 Å². The van der Waals surface area contributed by atoms with Crippen molar-refractivity contribution in [1.82, 2.24) is 9.97 Å². The Morgan fingerprint density at radius 1 is 1.04 bits per heavy atom. The first kappa shape index (κ1) is 17.4. The Hall–Kier alpha value is -3.06. The van der Waals surface area contributed by atoms with E-state index in [2.05, 4.69) is 15.3 Å². The SMILES string of the molecule is COc1cc2c(N[C@@H]3c4ccccc4C[C@@H]3O)ncnc2c(OC)c1OC. The summed E-state index contributed by atoms with van der Waals surface area (Å²) in [6.07, 6.45) is 1.54. The lowest BCUT2D eigenvalue weighted by atomic mass is 10.1. The van der Waals surface area contributed by atoms with Crippen LogP contribution in [0.5, 0.6) is 17.2 Å². The van der Waals surface area contributed by atoms with Crippen LogP contribution in [0.15, 0.2) is 36.7 Å². The summed E-state index contributed by atoms with van der Waals surface area (Å²) in [7, 11) is 4.68. The van der Waals surface area contributed by atoms with Gasteiger partial charge in [0, 0.05) is 6.42 Å². The van der Waals surface area contributed by atoms with Crippen LogP contribution >= 0.6 is 0 Å². The molecule has 0 amide bonds. The number of nitrogens with one attached hydrogen (secondary N) is 1. The van der Waals surface area contributed by atoms with Crippen molar-refractivity contribution in [3.05, 3.63) is 47.8 Å². The second-order valence-corrected chi connectivity index (χ2v) is 6.36. The predicted molar refractivity (Wildman–Crippen MR) is 102 cm³/mol. The van der Waals surface area contributed by atoms with Gasteiger partial charge >= 0.3 is 0 Å². The van der Waals surface area contributed by atoms with Gasteiger partial charge in [0.15, 0.2) is 11.5 Å². The van der Waals surface area contributed by atoms with E-state index < -0.39 is 6.10 Å². The average molecular weight is 367 g/mol. The van der Waals surface area contributed by atoms with Gasteiger partial charge in [-0.15, -0.1) is 0 Å². The Morgan fingerprint density at radius 2 is 1.81 bits per heavy atom. The van der Waals surface area contributed by atoms with Gasteiger partial charge in [0.1, 0.15) is 17.7 Å². The zero-order chi connectivity index (χ0) is 19.0. The fourth-order valence-electron chi connectivity index (χ4n) is 3.67. The number of ether oxygens (including phenoxy) is 3. The van der Waals surface area contributed by atoms with Crippen LogP contribution in [-0.2, 0) is 6.42 Å². The van der Waals surface area contributed by atoms with E-state index in [0.717, 1.165) is 16.5 Å². The fourth-order valence-corrected chi connectivity index (χ4v) is 3.67. The molecule has 7 heteroatoms. The Kier molecular flexibility index (Phi) is 4.45. The van der Waals surface area contributed by atoms with E-state index in [1.807, 2.05) is 30.3 Å². The molecule has 3 aromatic rings. The zero-order valence-corrected chi connectivity index (χ0v) is 15.4. The van der Waals surface area contributed by atoms with Gasteiger partial charge in [-0.1, -0.05) is 24.3 Å². The first-order chi connectivity index (χ1) is 13.2. The van der Waals surface area contributed by atoms with Gasteiger partial charge in [-0.2, -0.15) is 0 Å². The molecule has 1 aliphatic rings. The van der Waals surface area contributed by atoms with Crippen molar-refractivity contribution in [1.29, 1.82) is 0 Å². The molecule has 0 fully saturated rings. The third-order valence-corrected chi connectivity index (χ3v) is 4.93. The molecule has 1 heterocycles. The number of hydrogen-bond acceptors (Lipinski definition) is 7. The summed E-state index contributed by atoms with van der Waals surface area (Å²) in [5, 5.41) is 14.7. The molecule has 1 aliphatic carbocycles. The van der Waals surface area contributed by atoms with Gasteiger partial charge in [0.2, 0.25) is 5.75 Å². The Balaban J connectivity index is 1.83. The predicted octanol–water partition coefficient (Wildman–Crippen LogP) is 2.73. The monoisotopic (exact) mass is 367 g/mol. The van der Waals surface area contributed by atoms with Crippen molar-refractivity contribution in [2.24, 2.45) is 0 Å². The number of methoxy groups -OCH3 is 3. The summed E-state index contributed by atoms with van der Waals surface area (Å²) in [6, 6.07) is 9.58. The number of rotatable bonds is 5. The van der Waals surface area contributed by atoms with Crippen LogP contribution in [0.25, 0.3) is 10.9 Å². The maximum absolute atomic E-state index is 10.6. The number of aromatic nitrogens is 2. The highest BCUT2D eigenvalue weighted by atomic mass is 16.5. The van der Waals surface area contributed by atoms with Crippen LogP contribution in [-0.4, -0.2) is 42.5 Å². The van der Waals surface area contributed by atoms with E-state index in [1.165, 1.54) is 6.33 Å². The van der Waals surface area contributed by atoms with Crippen LogP contribution < -0.4 is 19.5 Å². The molecule has 2 N–H and O–H groups in total. The molecule has 0 saturated carbocycles. The molecule has 0 radical (unpaired) electrons. The smallest absolute Gasteiger partial charge is 0.205 e. The molecule has 140 valence electrons. The Labute approximate surface area is 156 Å². The lowest BCUT2D eigenvalue weighted by Crippen LogP contribution is -2.21. The van der Waals surface area contributed by atoms with Gasteiger partial charge in [-0.25, -0.2) is 9.97 Å². The molecule has 1 aromatic heterocycles. The topological polar surface area (TPSA) is 85.7 Å². The average Bonchev–Trinajstić information content (AvgIpc) is 3.01. The minimum absolute atomic E-state index is 0.251. The molecule has 0 unspecified atom stereocenters. The van der Waals surface area contributed by atoms with Crippen LogP contribution in [0, 0.1) is 0 Å². The lowest BCUT2D eigenvalue weighted by Gasteiger charge is -2.21. The Morgan fingerprint density at radius 3 is 2.56 bits per heavy atom. The fraction of sp³-hybridized carbons (Fsp3) is 0.300. The van der Waals surface area contributed by atoms with Crippen LogP contribution in [0.1, 0.15) is 17.2 Å². The van der Waals surface area contributed by atoms with E-state index >= 15 is 0 Å². The summed E-state index contributed by atoms with van der Waals surface area (Å²) in [6.45, 7) is 0. The maximum atomic E-state index is 10.6. The molecule has 7 nitrogen and oxygen atoms in total. The van der Waals surface area contributed by atoms with Crippen LogP contribution in [0.4, 0.5) is 5.82 Å². The molecule has 0 saturated heterocycles. The van der Waals surface area contributed by atoms with Crippen molar-refractivity contribution in [3.8, 4) is 17.2 Å². The zero-order valence-electron chi connectivity index (χ0n) is 15.4. The van der Waals surface area contributed by atoms with Crippen LogP contribution in [0.3, 0.4) is 0 Å². The van der Waals surface area contributed by atoms with E-state index in [1.54, 1.807) is 21.3 Å². The third kappa shape index (κ3) is 2.80. The molecule has 0 aliphatic heterocycles. The summed E-state index contributed by atoms with van der Waals surface area (Å²) >= 11 is 0. The normalized spacial score (nSPS) is 18.2. The lowest BCUT2D eigenvalue weighted by molar-refractivity contribution is 0.165. The first-order valence-corrected chi connectivity index (χ1v) is 8.64. The number of benzene rings is 2. The minimum Gasteiger partial charge on any atom is -0.493 e. The highest BCUT2D eigenvalue weighted by molar-refractivity contribution is 5.96. The summed E-state index contributed by atoms with van der Waals surface area (Å²) in [4.78, 5) is 8.76. The first-order valence-electron chi connectivity index (χ1n) is 8.64. The molecular formula is C20H21N3O4. The molecule has 4 rings (SSSR count). The van der Waals surface area contributed by atoms with Crippen molar-refractivity contribution in [2.45, 2.75) is 18.6 Å². The van der Waals surface area contributed by atoms with E-state index in [4.69, 9.17) is 14.2 Å². The molecule has 0 bridgehead atoms. The van der Waals surface area contributed by atoms with Crippen molar-refractivity contribution in [3.63, 3.8) is 0 Å². The van der Waals surface area contributed by atoms with E-state index in [-0.39, 0.29) is 6.04 Å². The highest BCUT2D eigenvalue weighted by Gasteiger charge is 2.31. The molecule has 2 atom stereocenters.